The summed E-state index contributed by atoms with van der Waals surface area (Å²) in [7, 11) is 0. The smallest absolute Gasteiger partial charge is 0.196 e. The molecular formula is C26H30N2+2. The summed E-state index contributed by atoms with van der Waals surface area (Å²) in [6.07, 6.45) is 5.03. The maximum Gasteiger partial charge on any atom is 0.212 e. The lowest BCUT2D eigenvalue weighted by atomic mass is 10.1. The van der Waals surface area contributed by atoms with Crippen molar-refractivity contribution in [3.63, 3.8) is 0 Å². The van der Waals surface area contributed by atoms with Crippen LogP contribution in [0.3, 0.4) is 0 Å². The first-order valence-electron chi connectivity index (χ1n) is 10.5. The van der Waals surface area contributed by atoms with Crippen LogP contribution in [0.1, 0.15) is 37.1 Å². The zero-order valence-electron chi connectivity index (χ0n) is 17.1. The zero-order valence-corrected chi connectivity index (χ0v) is 17.1. The van der Waals surface area contributed by atoms with Crippen molar-refractivity contribution in [2.45, 2.75) is 52.6 Å². The van der Waals surface area contributed by atoms with Crippen LogP contribution in [0.25, 0.3) is 21.8 Å². The second-order valence-corrected chi connectivity index (χ2v) is 7.78. The van der Waals surface area contributed by atoms with E-state index < -0.39 is 0 Å². The molecule has 2 nitrogen and oxygen atoms in total. The van der Waals surface area contributed by atoms with E-state index >= 15 is 0 Å². The second kappa shape index (κ2) is 8.52. The second-order valence-electron chi connectivity index (χ2n) is 7.78. The van der Waals surface area contributed by atoms with Crippen LogP contribution in [0.5, 0.6) is 0 Å². The van der Waals surface area contributed by atoms with Crippen LogP contribution < -0.4 is 9.13 Å². The van der Waals surface area contributed by atoms with Gasteiger partial charge in [0.15, 0.2) is 11.4 Å². The molecule has 0 amide bonds. The molecule has 2 heterocycles. The normalized spacial score (nSPS) is 11.4. The molecule has 0 saturated carbocycles. The van der Waals surface area contributed by atoms with Gasteiger partial charge in [-0.15, -0.1) is 0 Å². The molecule has 142 valence electrons. The van der Waals surface area contributed by atoms with E-state index in [9.17, 15) is 0 Å². The van der Waals surface area contributed by atoms with Crippen molar-refractivity contribution in [2.24, 2.45) is 0 Å². The van der Waals surface area contributed by atoms with Crippen molar-refractivity contribution in [1.29, 1.82) is 0 Å². The van der Waals surface area contributed by atoms with Gasteiger partial charge in [-0.1, -0.05) is 24.3 Å². The van der Waals surface area contributed by atoms with Crippen LogP contribution in [-0.4, -0.2) is 0 Å². The Bertz CT molecular complexity index is 1010. The van der Waals surface area contributed by atoms with E-state index in [-0.39, 0.29) is 0 Å². The molecule has 28 heavy (non-hydrogen) atoms. The SMILES string of the molecule is Cc1ccc2ccccc2[n+]1CCCCCC[n+]1c(C)ccc2ccccc21. The molecule has 2 heteroatoms. The van der Waals surface area contributed by atoms with Gasteiger partial charge in [0.25, 0.3) is 0 Å². The van der Waals surface area contributed by atoms with Crippen LogP contribution in [0.15, 0.2) is 72.8 Å². The number of aromatic nitrogens is 2. The number of benzene rings is 2. The van der Waals surface area contributed by atoms with Crippen LogP contribution in [0.2, 0.25) is 0 Å². The van der Waals surface area contributed by atoms with Gasteiger partial charge in [-0.25, -0.2) is 0 Å². The van der Waals surface area contributed by atoms with Crippen molar-refractivity contribution in [1.82, 2.24) is 0 Å². The maximum absolute atomic E-state index is 2.47. The third-order valence-corrected chi connectivity index (χ3v) is 5.83. The molecule has 0 aliphatic heterocycles. The summed E-state index contributed by atoms with van der Waals surface area (Å²) >= 11 is 0. The number of hydrogen-bond acceptors (Lipinski definition) is 0. The number of para-hydroxylation sites is 2. The average Bonchev–Trinajstić information content (AvgIpc) is 2.73. The maximum atomic E-state index is 2.47. The molecule has 4 rings (SSSR count). The summed E-state index contributed by atoms with van der Waals surface area (Å²) in [5, 5.41) is 2.66. The minimum Gasteiger partial charge on any atom is -0.196 e. The van der Waals surface area contributed by atoms with Gasteiger partial charge < -0.3 is 0 Å². The van der Waals surface area contributed by atoms with E-state index in [1.807, 2.05) is 0 Å². The number of hydrogen-bond donors (Lipinski definition) is 0. The molecule has 0 spiro atoms. The fraction of sp³-hybridized carbons (Fsp3) is 0.308. The topological polar surface area (TPSA) is 7.76 Å². The van der Waals surface area contributed by atoms with Gasteiger partial charge in [0.05, 0.1) is 0 Å². The Kier molecular flexibility index (Phi) is 5.66. The minimum absolute atomic E-state index is 1.10. The van der Waals surface area contributed by atoms with E-state index in [0.29, 0.717) is 0 Å². The highest BCUT2D eigenvalue weighted by Gasteiger charge is 2.13. The first-order chi connectivity index (χ1) is 13.7. The average molecular weight is 371 g/mol. The standard InChI is InChI=1S/C26H30N2/c1-21-15-17-23-11-5-7-13-25(23)27(21)19-9-3-4-10-20-28-22(2)16-18-24-12-6-8-14-26(24)28/h5-8,11-18H,3-4,9-10,19-20H2,1-2H3/q+2. The lowest BCUT2D eigenvalue weighted by Crippen LogP contribution is -2.38. The number of fused-ring (bicyclic) bond motifs is 2. The van der Waals surface area contributed by atoms with E-state index in [1.165, 1.54) is 58.9 Å². The molecule has 0 N–H and O–H groups in total. The van der Waals surface area contributed by atoms with Crippen molar-refractivity contribution < 1.29 is 9.13 Å². The zero-order chi connectivity index (χ0) is 19.3. The Morgan fingerprint density at radius 3 is 1.39 bits per heavy atom. The van der Waals surface area contributed by atoms with E-state index in [2.05, 4.69) is 95.8 Å². The predicted molar refractivity (Wildman–Crippen MR) is 116 cm³/mol. The van der Waals surface area contributed by atoms with E-state index in [1.54, 1.807) is 0 Å². The first-order valence-corrected chi connectivity index (χ1v) is 10.5. The summed E-state index contributed by atoms with van der Waals surface area (Å²) < 4.78 is 4.94. The largest absolute Gasteiger partial charge is 0.212 e. The highest BCUT2D eigenvalue weighted by molar-refractivity contribution is 5.75. The van der Waals surface area contributed by atoms with Gasteiger partial charge in [0.2, 0.25) is 11.0 Å². The first kappa shape index (κ1) is 18.6. The minimum atomic E-state index is 1.10. The molecule has 4 aromatic rings. The van der Waals surface area contributed by atoms with E-state index in [0.717, 1.165) is 13.1 Å². The Morgan fingerprint density at radius 1 is 0.500 bits per heavy atom. The third kappa shape index (κ3) is 3.91. The summed E-state index contributed by atoms with van der Waals surface area (Å²) in [6, 6.07) is 26.3. The summed E-state index contributed by atoms with van der Waals surface area (Å²) in [6.45, 7) is 6.64. The molecule has 0 fully saturated rings. The number of aryl methyl sites for hydroxylation is 4. The van der Waals surface area contributed by atoms with Crippen molar-refractivity contribution in [3.05, 3.63) is 84.2 Å². The van der Waals surface area contributed by atoms with Crippen molar-refractivity contribution in [2.75, 3.05) is 0 Å². The highest BCUT2D eigenvalue weighted by Crippen LogP contribution is 2.12. The van der Waals surface area contributed by atoms with Gasteiger partial charge in [-0.05, 0) is 37.1 Å². The number of unbranched alkanes of at least 4 members (excludes halogenated alkanes) is 3. The van der Waals surface area contributed by atoms with Crippen molar-refractivity contribution in [3.8, 4) is 0 Å². The van der Waals surface area contributed by atoms with Crippen LogP contribution in [0, 0.1) is 13.8 Å². The van der Waals surface area contributed by atoms with Crippen LogP contribution in [-0.2, 0) is 13.1 Å². The van der Waals surface area contributed by atoms with E-state index in [4.69, 9.17) is 0 Å². The Morgan fingerprint density at radius 2 is 0.929 bits per heavy atom. The molecule has 0 radical (unpaired) electrons. The fourth-order valence-corrected chi connectivity index (χ4v) is 4.22. The lowest BCUT2D eigenvalue weighted by Gasteiger charge is -2.06. The molecule has 0 atom stereocenters. The van der Waals surface area contributed by atoms with Gasteiger partial charge in [-0.3, -0.25) is 0 Å². The Balaban J connectivity index is 1.33. The molecule has 2 aromatic heterocycles. The molecule has 0 aliphatic carbocycles. The quantitative estimate of drug-likeness (QED) is 0.302. The molecule has 0 saturated heterocycles. The van der Waals surface area contributed by atoms with Gasteiger partial charge in [-0.2, -0.15) is 9.13 Å². The molecule has 0 aliphatic rings. The molecule has 0 bridgehead atoms. The monoisotopic (exact) mass is 370 g/mol. The number of nitrogens with zero attached hydrogens (tertiary/aromatic N) is 2. The number of pyridine rings is 2. The van der Waals surface area contributed by atoms with Crippen LogP contribution in [0.4, 0.5) is 0 Å². The molecular weight excluding hydrogens is 340 g/mol. The Hall–Kier alpha value is -2.74. The summed E-state index contributed by atoms with van der Waals surface area (Å²) in [4.78, 5) is 0. The molecule has 0 unspecified atom stereocenters. The highest BCUT2D eigenvalue weighted by atomic mass is 15.0. The number of rotatable bonds is 7. The summed E-state index contributed by atoms with van der Waals surface area (Å²) in [5.74, 6) is 0. The Labute approximate surface area is 168 Å². The third-order valence-electron chi connectivity index (χ3n) is 5.83. The van der Waals surface area contributed by atoms with Gasteiger partial charge in [0, 0.05) is 61.7 Å². The summed E-state index contributed by atoms with van der Waals surface area (Å²) in [5.41, 5.74) is 5.40. The molecule has 2 aromatic carbocycles. The fourth-order valence-electron chi connectivity index (χ4n) is 4.22. The lowest BCUT2D eigenvalue weighted by molar-refractivity contribution is -0.679. The van der Waals surface area contributed by atoms with Gasteiger partial charge >= 0.3 is 0 Å². The predicted octanol–water partition coefficient (Wildman–Crippen LogP) is 5.45. The van der Waals surface area contributed by atoms with Crippen molar-refractivity contribution >= 4 is 21.8 Å². The van der Waals surface area contributed by atoms with Gasteiger partial charge in [0.1, 0.15) is 13.1 Å². The van der Waals surface area contributed by atoms with Crippen LogP contribution >= 0.6 is 0 Å².